The molecule has 0 unspecified atom stereocenters. The SMILES string of the molecule is O=C1CN(C(=O)c2c[nH]cc2Cc2ccccc2)CN1CC1CC1. The second kappa shape index (κ2) is 6.15. The zero-order chi connectivity index (χ0) is 16.5. The fraction of sp³-hybridized carbons (Fsp3) is 0.368. The van der Waals surface area contributed by atoms with Crippen LogP contribution in [-0.2, 0) is 11.2 Å². The van der Waals surface area contributed by atoms with Crippen molar-refractivity contribution < 1.29 is 9.59 Å². The Balaban J connectivity index is 1.47. The van der Waals surface area contributed by atoms with E-state index in [1.807, 2.05) is 29.3 Å². The highest BCUT2D eigenvalue weighted by atomic mass is 16.2. The second-order valence-electron chi connectivity index (χ2n) is 6.76. The number of nitrogens with one attached hydrogen (secondary N) is 1. The van der Waals surface area contributed by atoms with Crippen molar-refractivity contribution in [3.8, 4) is 0 Å². The lowest BCUT2D eigenvalue weighted by Crippen LogP contribution is -2.32. The summed E-state index contributed by atoms with van der Waals surface area (Å²) in [4.78, 5) is 31.5. The van der Waals surface area contributed by atoms with Crippen LogP contribution in [0, 0.1) is 5.92 Å². The van der Waals surface area contributed by atoms with Gasteiger partial charge in [0.05, 0.1) is 12.2 Å². The number of rotatable bonds is 5. The Bertz CT molecular complexity index is 749. The van der Waals surface area contributed by atoms with Crippen LogP contribution in [0.5, 0.6) is 0 Å². The van der Waals surface area contributed by atoms with Crippen molar-refractivity contribution in [3.63, 3.8) is 0 Å². The largest absolute Gasteiger partial charge is 0.367 e. The molecule has 1 aliphatic carbocycles. The minimum Gasteiger partial charge on any atom is -0.367 e. The molecule has 5 nitrogen and oxygen atoms in total. The number of benzene rings is 1. The summed E-state index contributed by atoms with van der Waals surface area (Å²) in [5, 5.41) is 0. The van der Waals surface area contributed by atoms with Crippen LogP contribution in [0.3, 0.4) is 0 Å². The van der Waals surface area contributed by atoms with Crippen molar-refractivity contribution >= 4 is 11.8 Å². The van der Waals surface area contributed by atoms with Gasteiger partial charge in [-0.25, -0.2) is 0 Å². The van der Waals surface area contributed by atoms with Gasteiger partial charge in [0, 0.05) is 18.9 Å². The van der Waals surface area contributed by atoms with Crippen molar-refractivity contribution in [3.05, 3.63) is 59.4 Å². The monoisotopic (exact) mass is 323 g/mol. The normalized spacial score (nSPS) is 17.6. The Morgan fingerprint density at radius 3 is 2.71 bits per heavy atom. The van der Waals surface area contributed by atoms with Gasteiger partial charge in [-0.05, 0) is 36.3 Å². The summed E-state index contributed by atoms with van der Waals surface area (Å²) in [5.74, 6) is 0.647. The number of nitrogens with zero attached hydrogens (tertiary/aromatic N) is 2. The quantitative estimate of drug-likeness (QED) is 0.917. The minimum atomic E-state index is -0.0613. The molecule has 1 saturated heterocycles. The average Bonchev–Trinajstić information content (AvgIpc) is 3.17. The molecule has 0 atom stereocenters. The zero-order valence-corrected chi connectivity index (χ0v) is 13.6. The van der Waals surface area contributed by atoms with Gasteiger partial charge in [-0.2, -0.15) is 0 Å². The Hall–Kier alpha value is -2.56. The van der Waals surface area contributed by atoms with Gasteiger partial charge in [0.2, 0.25) is 5.91 Å². The molecule has 4 rings (SSSR count). The summed E-state index contributed by atoms with van der Waals surface area (Å²) in [6.07, 6.45) is 6.74. The fourth-order valence-corrected chi connectivity index (χ4v) is 3.23. The van der Waals surface area contributed by atoms with Crippen LogP contribution in [0.2, 0.25) is 0 Å². The fourth-order valence-electron chi connectivity index (χ4n) is 3.23. The molecule has 0 bridgehead atoms. The number of amides is 2. The summed E-state index contributed by atoms with van der Waals surface area (Å²) in [6, 6.07) is 10.1. The third kappa shape index (κ3) is 3.07. The summed E-state index contributed by atoms with van der Waals surface area (Å²) in [7, 11) is 0. The van der Waals surface area contributed by atoms with E-state index < -0.39 is 0 Å². The molecule has 5 heteroatoms. The first-order valence-electron chi connectivity index (χ1n) is 8.47. The van der Waals surface area contributed by atoms with Gasteiger partial charge in [-0.15, -0.1) is 0 Å². The van der Waals surface area contributed by atoms with Crippen LogP contribution in [0.1, 0.15) is 34.3 Å². The minimum absolute atomic E-state index is 0.0613. The molecule has 1 saturated carbocycles. The van der Waals surface area contributed by atoms with Crippen molar-refractivity contribution in [2.24, 2.45) is 5.92 Å². The molecule has 0 spiro atoms. The van der Waals surface area contributed by atoms with Crippen LogP contribution in [0.4, 0.5) is 0 Å². The highest BCUT2D eigenvalue weighted by Gasteiger charge is 2.35. The molecule has 2 heterocycles. The molecule has 2 aliphatic rings. The number of aromatic amines is 1. The van der Waals surface area contributed by atoms with Gasteiger partial charge < -0.3 is 14.8 Å². The van der Waals surface area contributed by atoms with Gasteiger partial charge >= 0.3 is 0 Å². The number of hydrogen-bond donors (Lipinski definition) is 1. The third-order valence-corrected chi connectivity index (χ3v) is 4.78. The molecule has 1 N–H and O–H groups in total. The third-order valence-electron chi connectivity index (χ3n) is 4.78. The first kappa shape index (κ1) is 15.0. The number of carbonyl (C=O) groups is 2. The van der Waals surface area contributed by atoms with E-state index in [0.29, 0.717) is 24.6 Å². The van der Waals surface area contributed by atoms with E-state index in [1.165, 1.54) is 18.4 Å². The molecule has 1 aromatic carbocycles. The lowest BCUT2D eigenvalue weighted by molar-refractivity contribution is -0.126. The number of carbonyl (C=O) groups excluding carboxylic acids is 2. The van der Waals surface area contributed by atoms with Crippen LogP contribution in [-0.4, -0.2) is 46.4 Å². The maximum Gasteiger partial charge on any atom is 0.257 e. The molecule has 24 heavy (non-hydrogen) atoms. The van der Waals surface area contributed by atoms with Gasteiger partial charge in [0.25, 0.3) is 5.91 Å². The molecule has 1 aliphatic heterocycles. The van der Waals surface area contributed by atoms with Gasteiger partial charge in [0.15, 0.2) is 0 Å². The lowest BCUT2D eigenvalue weighted by Gasteiger charge is -2.18. The molecule has 124 valence electrons. The highest BCUT2D eigenvalue weighted by Crippen LogP contribution is 2.30. The Morgan fingerprint density at radius 2 is 1.96 bits per heavy atom. The van der Waals surface area contributed by atoms with Crippen molar-refractivity contribution in [1.29, 1.82) is 0 Å². The standard InChI is InChI=1S/C19H21N3O2/c23-18-12-22(13-21(18)11-15-6-7-15)19(24)17-10-20-9-16(17)8-14-4-2-1-3-5-14/h1-5,9-10,15,20H,6-8,11-13H2. The van der Waals surface area contributed by atoms with Gasteiger partial charge in [-0.3, -0.25) is 9.59 Å². The van der Waals surface area contributed by atoms with Crippen molar-refractivity contribution in [2.75, 3.05) is 19.8 Å². The molecule has 2 amide bonds. The molecular formula is C19H21N3O2. The average molecular weight is 323 g/mol. The molecule has 2 aromatic rings. The highest BCUT2D eigenvalue weighted by molar-refractivity contribution is 5.99. The number of H-pyrrole nitrogens is 1. The van der Waals surface area contributed by atoms with E-state index in [4.69, 9.17) is 0 Å². The topological polar surface area (TPSA) is 56.4 Å². The second-order valence-corrected chi connectivity index (χ2v) is 6.76. The summed E-state index contributed by atoms with van der Waals surface area (Å²) < 4.78 is 0. The van der Waals surface area contributed by atoms with E-state index in [9.17, 15) is 9.59 Å². The van der Waals surface area contributed by atoms with Crippen molar-refractivity contribution in [1.82, 2.24) is 14.8 Å². The van der Waals surface area contributed by atoms with Gasteiger partial charge in [0.1, 0.15) is 6.54 Å². The summed E-state index contributed by atoms with van der Waals surface area (Å²) in [6.45, 7) is 1.41. The predicted octanol–water partition coefficient (Wildman–Crippen LogP) is 2.26. The number of aromatic nitrogens is 1. The maximum atomic E-state index is 12.8. The van der Waals surface area contributed by atoms with Crippen LogP contribution in [0.15, 0.2) is 42.7 Å². The Labute approximate surface area is 141 Å². The lowest BCUT2D eigenvalue weighted by atomic mass is 10.0. The maximum absolute atomic E-state index is 12.8. The van der Waals surface area contributed by atoms with E-state index in [-0.39, 0.29) is 18.4 Å². The number of hydrogen-bond acceptors (Lipinski definition) is 2. The molecule has 1 aromatic heterocycles. The smallest absolute Gasteiger partial charge is 0.257 e. The molecule has 0 radical (unpaired) electrons. The van der Waals surface area contributed by atoms with E-state index >= 15 is 0 Å². The first-order chi connectivity index (χ1) is 11.7. The Morgan fingerprint density at radius 1 is 1.17 bits per heavy atom. The van der Waals surface area contributed by atoms with Gasteiger partial charge in [-0.1, -0.05) is 30.3 Å². The zero-order valence-electron chi connectivity index (χ0n) is 13.6. The molecule has 2 fully saturated rings. The predicted molar refractivity (Wildman–Crippen MR) is 90.4 cm³/mol. The van der Waals surface area contributed by atoms with Crippen LogP contribution >= 0.6 is 0 Å². The first-order valence-corrected chi connectivity index (χ1v) is 8.47. The van der Waals surface area contributed by atoms with Crippen LogP contribution in [0.25, 0.3) is 0 Å². The summed E-state index contributed by atoms with van der Waals surface area (Å²) in [5.41, 5.74) is 2.80. The van der Waals surface area contributed by atoms with E-state index in [1.54, 1.807) is 11.1 Å². The van der Waals surface area contributed by atoms with E-state index in [0.717, 1.165) is 12.1 Å². The summed E-state index contributed by atoms with van der Waals surface area (Å²) >= 11 is 0. The molecular weight excluding hydrogens is 302 g/mol. The van der Waals surface area contributed by atoms with E-state index in [2.05, 4.69) is 17.1 Å². The Kier molecular flexibility index (Phi) is 3.84. The van der Waals surface area contributed by atoms with Crippen molar-refractivity contribution in [2.45, 2.75) is 19.3 Å². The van der Waals surface area contributed by atoms with Crippen LogP contribution < -0.4 is 0 Å².